The molecule has 1 heterocycles. The number of hydrogen-bond donors (Lipinski definition) is 2. The highest BCUT2D eigenvalue weighted by molar-refractivity contribution is 9.10. The van der Waals surface area contributed by atoms with E-state index in [2.05, 4.69) is 35.8 Å². The second kappa shape index (κ2) is 5.54. The van der Waals surface area contributed by atoms with Gasteiger partial charge in [-0.15, -0.1) is 0 Å². The summed E-state index contributed by atoms with van der Waals surface area (Å²) in [6, 6.07) is 0.619. The summed E-state index contributed by atoms with van der Waals surface area (Å²) in [7, 11) is -4.19. The summed E-state index contributed by atoms with van der Waals surface area (Å²) in [6.45, 7) is 1.51. The standard InChI is InChI=1S/C10H9BrF2N4O2S/c1-5(10-14-4-15-16-10)17-20(18,19)9-7(11)2-6(12)3-8(9)13/h2-5,17H,1H3,(H,14,15,16). The van der Waals surface area contributed by atoms with E-state index >= 15 is 0 Å². The second-order valence-corrected chi connectivity index (χ2v) is 6.42. The highest BCUT2D eigenvalue weighted by Gasteiger charge is 2.26. The molecule has 20 heavy (non-hydrogen) atoms. The van der Waals surface area contributed by atoms with E-state index in [1.165, 1.54) is 13.3 Å². The molecule has 2 N–H and O–H groups in total. The van der Waals surface area contributed by atoms with Gasteiger partial charge < -0.3 is 0 Å². The van der Waals surface area contributed by atoms with Crippen LogP contribution < -0.4 is 4.72 Å². The molecule has 0 spiro atoms. The van der Waals surface area contributed by atoms with E-state index in [4.69, 9.17) is 0 Å². The summed E-state index contributed by atoms with van der Waals surface area (Å²) < 4.78 is 52.9. The van der Waals surface area contributed by atoms with Crippen molar-refractivity contribution < 1.29 is 17.2 Å². The van der Waals surface area contributed by atoms with Gasteiger partial charge in [-0.2, -0.15) is 5.10 Å². The maximum absolute atomic E-state index is 13.7. The summed E-state index contributed by atoms with van der Waals surface area (Å²) >= 11 is 2.84. The molecule has 1 aromatic heterocycles. The lowest BCUT2D eigenvalue weighted by Gasteiger charge is -2.13. The topological polar surface area (TPSA) is 87.7 Å². The van der Waals surface area contributed by atoms with Gasteiger partial charge in [0.15, 0.2) is 0 Å². The molecular formula is C10H9BrF2N4O2S. The van der Waals surface area contributed by atoms with Crippen molar-refractivity contribution >= 4 is 26.0 Å². The molecule has 2 aromatic rings. The first-order valence-corrected chi connectivity index (χ1v) is 7.61. The van der Waals surface area contributed by atoms with Crippen molar-refractivity contribution in [2.75, 3.05) is 0 Å². The van der Waals surface area contributed by atoms with Gasteiger partial charge in [-0.25, -0.2) is 26.9 Å². The van der Waals surface area contributed by atoms with E-state index in [0.29, 0.717) is 6.07 Å². The first kappa shape index (κ1) is 15.0. The number of H-pyrrole nitrogens is 1. The molecule has 0 saturated carbocycles. The lowest BCUT2D eigenvalue weighted by Crippen LogP contribution is -2.28. The van der Waals surface area contributed by atoms with Crippen molar-refractivity contribution in [2.24, 2.45) is 0 Å². The molecule has 1 atom stereocenters. The highest BCUT2D eigenvalue weighted by atomic mass is 79.9. The molecule has 0 fully saturated rings. The number of aromatic nitrogens is 3. The molecule has 0 radical (unpaired) electrons. The van der Waals surface area contributed by atoms with E-state index in [-0.39, 0.29) is 10.3 Å². The van der Waals surface area contributed by atoms with Crippen LogP contribution in [0.15, 0.2) is 27.8 Å². The third kappa shape index (κ3) is 3.02. The molecule has 108 valence electrons. The van der Waals surface area contributed by atoms with Gasteiger partial charge in [-0.05, 0) is 28.9 Å². The molecule has 0 aliphatic carbocycles. The molecule has 2 rings (SSSR count). The third-order valence-electron chi connectivity index (χ3n) is 2.41. The van der Waals surface area contributed by atoms with E-state index in [9.17, 15) is 17.2 Å². The number of aromatic amines is 1. The molecule has 0 saturated heterocycles. The Morgan fingerprint density at radius 2 is 2.10 bits per heavy atom. The Bertz CT molecular complexity index is 698. The number of rotatable bonds is 4. The summed E-state index contributed by atoms with van der Waals surface area (Å²) in [5.41, 5.74) is 0. The van der Waals surface area contributed by atoms with Crippen molar-refractivity contribution in [3.8, 4) is 0 Å². The van der Waals surface area contributed by atoms with Crippen molar-refractivity contribution in [2.45, 2.75) is 17.9 Å². The van der Waals surface area contributed by atoms with E-state index in [0.717, 1.165) is 6.07 Å². The van der Waals surface area contributed by atoms with Gasteiger partial charge in [0.25, 0.3) is 0 Å². The van der Waals surface area contributed by atoms with E-state index < -0.39 is 32.6 Å². The van der Waals surface area contributed by atoms with Gasteiger partial charge in [-0.1, -0.05) is 0 Å². The van der Waals surface area contributed by atoms with Gasteiger partial charge in [0.2, 0.25) is 10.0 Å². The van der Waals surface area contributed by atoms with Crippen LogP contribution in [0.3, 0.4) is 0 Å². The predicted octanol–water partition coefficient (Wildman–Crippen LogP) is 1.88. The minimum absolute atomic E-state index is 0.202. The molecule has 1 aromatic carbocycles. The molecule has 0 aliphatic heterocycles. The largest absolute Gasteiger partial charge is 0.262 e. The number of benzene rings is 1. The summed E-state index contributed by atoms with van der Waals surface area (Å²) in [4.78, 5) is 3.13. The Balaban J connectivity index is 2.37. The molecule has 0 amide bonds. The van der Waals surface area contributed by atoms with Crippen molar-refractivity contribution in [3.63, 3.8) is 0 Å². The molecule has 6 nitrogen and oxygen atoms in total. The first-order chi connectivity index (χ1) is 9.31. The normalized spacial score (nSPS) is 13.4. The quantitative estimate of drug-likeness (QED) is 0.864. The summed E-state index contributed by atoms with van der Waals surface area (Å²) in [6.07, 6.45) is 1.22. The zero-order valence-electron chi connectivity index (χ0n) is 10.1. The van der Waals surface area contributed by atoms with Crippen LogP contribution in [-0.2, 0) is 10.0 Å². The maximum Gasteiger partial charge on any atom is 0.245 e. The smallest absolute Gasteiger partial charge is 0.245 e. The Morgan fingerprint density at radius 3 is 2.65 bits per heavy atom. The van der Waals surface area contributed by atoms with Crippen LogP contribution in [0.4, 0.5) is 8.78 Å². The number of nitrogens with one attached hydrogen (secondary N) is 2. The Morgan fingerprint density at radius 1 is 1.40 bits per heavy atom. The van der Waals surface area contributed by atoms with Gasteiger partial charge in [0, 0.05) is 10.5 Å². The molecule has 0 bridgehead atoms. The predicted molar refractivity (Wildman–Crippen MR) is 69.2 cm³/mol. The lowest BCUT2D eigenvalue weighted by atomic mass is 10.3. The molecule has 0 aliphatic rings. The van der Waals surface area contributed by atoms with E-state index in [1.807, 2.05) is 0 Å². The van der Waals surface area contributed by atoms with E-state index in [1.54, 1.807) is 0 Å². The number of sulfonamides is 1. The zero-order valence-corrected chi connectivity index (χ0v) is 12.5. The molecule has 1 unspecified atom stereocenters. The fraction of sp³-hybridized carbons (Fsp3) is 0.200. The number of halogens is 3. The van der Waals surface area contributed by atoms with Crippen molar-refractivity contribution in [1.29, 1.82) is 0 Å². The van der Waals surface area contributed by atoms with Crippen LogP contribution in [0.25, 0.3) is 0 Å². The second-order valence-electron chi connectivity index (χ2n) is 3.91. The lowest BCUT2D eigenvalue weighted by molar-refractivity contribution is 0.531. The monoisotopic (exact) mass is 366 g/mol. The SMILES string of the molecule is CC(NS(=O)(=O)c1c(F)cc(F)cc1Br)c1ncn[nH]1. The average Bonchev–Trinajstić information content (AvgIpc) is 2.78. The third-order valence-corrected chi connectivity index (χ3v) is 4.91. The summed E-state index contributed by atoms with van der Waals surface area (Å²) in [5.74, 6) is -1.79. The zero-order chi connectivity index (χ0) is 14.9. The average molecular weight is 367 g/mol. The highest BCUT2D eigenvalue weighted by Crippen LogP contribution is 2.27. The number of hydrogen-bond acceptors (Lipinski definition) is 4. The molecular weight excluding hydrogens is 358 g/mol. The minimum Gasteiger partial charge on any atom is -0.262 e. The maximum atomic E-state index is 13.7. The fourth-order valence-corrected chi connectivity index (χ4v) is 3.93. The van der Waals surface area contributed by atoms with Gasteiger partial charge in [0.05, 0.1) is 6.04 Å². The van der Waals surface area contributed by atoms with Crippen molar-refractivity contribution in [1.82, 2.24) is 19.9 Å². The van der Waals surface area contributed by atoms with Crippen LogP contribution >= 0.6 is 15.9 Å². The minimum atomic E-state index is -4.19. The number of nitrogens with zero attached hydrogens (tertiary/aromatic N) is 2. The first-order valence-electron chi connectivity index (χ1n) is 5.33. The van der Waals surface area contributed by atoms with Crippen LogP contribution in [0.1, 0.15) is 18.8 Å². The van der Waals surface area contributed by atoms with Crippen LogP contribution in [0, 0.1) is 11.6 Å². The van der Waals surface area contributed by atoms with Gasteiger partial charge >= 0.3 is 0 Å². The Kier molecular flexibility index (Phi) is 4.16. The Labute approximate surface area is 121 Å². The van der Waals surface area contributed by atoms with Gasteiger partial charge in [0.1, 0.15) is 28.7 Å². The van der Waals surface area contributed by atoms with Crippen LogP contribution in [0.5, 0.6) is 0 Å². The fourth-order valence-electron chi connectivity index (χ4n) is 1.56. The van der Waals surface area contributed by atoms with Crippen molar-refractivity contribution in [3.05, 3.63) is 40.4 Å². The summed E-state index contributed by atoms with van der Waals surface area (Å²) in [5, 5.41) is 6.08. The Hall–Kier alpha value is -1.39. The van der Waals surface area contributed by atoms with Crippen LogP contribution in [-0.4, -0.2) is 23.6 Å². The van der Waals surface area contributed by atoms with Gasteiger partial charge in [-0.3, -0.25) is 5.10 Å². The van der Waals surface area contributed by atoms with Crippen LogP contribution in [0.2, 0.25) is 0 Å². The molecule has 10 heteroatoms.